The Morgan fingerprint density at radius 1 is 1.00 bits per heavy atom. The Hall–Kier alpha value is -0.860. The molecule has 1 aromatic carbocycles. The summed E-state index contributed by atoms with van der Waals surface area (Å²) >= 11 is 0. The zero-order chi connectivity index (χ0) is 9.23. The van der Waals surface area contributed by atoms with Gasteiger partial charge < -0.3 is 10.6 Å². The van der Waals surface area contributed by atoms with Crippen molar-refractivity contribution in [3.05, 3.63) is 35.9 Å². The molecule has 0 saturated heterocycles. The Morgan fingerprint density at radius 3 is 1.92 bits per heavy atom. The summed E-state index contributed by atoms with van der Waals surface area (Å²) in [5.74, 6) is 0. The number of benzene rings is 1. The van der Waals surface area contributed by atoms with E-state index in [2.05, 4.69) is 22.8 Å². The van der Waals surface area contributed by atoms with Crippen LogP contribution in [0.4, 0.5) is 0 Å². The summed E-state index contributed by atoms with van der Waals surface area (Å²) in [5, 5.41) is 5.83. The van der Waals surface area contributed by atoms with Gasteiger partial charge in [-0.25, -0.2) is 0 Å². The highest BCUT2D eigenvalue weighted by Gasteiger charge is 1.83. The first-order valence-corrected chi connectivity index (χ1v) is 4.12. The van der Waals surface area contributed by atoms with Crippen molar-refractivity contribution >= 4 is 0 Å². The van der Waals surface area contributed by atoms with Gasteiger partial charge in [-0.15, -0.1) is 0 Å². The molecule has 0 aliphatic carbocycles. The average Bonchev–Trinajstić information content (AvgIpc) is 2.08. The minimum Gasteiger partial charge on any atom is -0.323 e. The topological polar surface area (TPSA) is 24.1 Å². The van der Waals surface area contributed by atoms with Crippen molar-refractivity contribution in [1.29, 1.82) is 0 Å². The van der Waals surface area contributed by atoms with Crippen LogP contribution in [0, 0.1) is 0 Å². The van der Waals surface area contributed by atoms with Gasteiger partial charge in [0.05, 0.1) is 0 Å². The zero-order valence-corrected chi connectivity index (χ0v) is 8.09. The number of hydrogen-bond acceptors (Lipinski definition) is 2. The van der Waals surface area contributed by atoms with Crippen molar-refractivity contribution < 1.29 is 0 Å². The van der Waals surface area contributed by atoms with E-state index in [9.17, 15) is 0 Å². The lowest BCUT2D eigenvalue weighted by molar-refractivity contribution is 0.818. The molecular formula is C10H18N2. The molecule has 1 aromatic rings. The number of rotatable bonds is 2. The zero-order valence-electron chi connectivity index (χ0n) is 8.09. The van der Waals surface area contributed by atoms with Crippen LogP contribution in [0.15, 0.2) is 30.3 Å². The third-order valence-electron chi connectivity index (χ3n) is 1.22. The molecule has 2 heteroatoms. The molecule has 0 spiro atoms. The molecule has 0 radical (unpaired) electrons. The fraction of sp³-hybridized carbons (Fsp3) is 0.400. The molecule has 0 atom stereocenters. The van der Waals surface area contributed by atoms with Crippen LogP contribution in [0.1, 0.15) is 5.56 Å². The Kier molecular flexibility index (Phi) is 7.65. The van der Waals surface area contributed by atoms with Crippen molar-refractivity contribution in [2.45, 2.75) is 6.54 Å². The van der Waals surface area contributed by atoms with Crippen LogP contribution in [-0.4, -0.2) is 21.1 Å². The van der Waals surface area contributed by atoms with Crippen LogP contribution in [0.5, 0.6) is 0 Å². The minimum absolute atomic E-state index is 0.959. The summed E-state index contributed by atoms with van der Waals surface area (Å²) in [6.45, 7) is 0.959. The summed E-state index contributed by atoms with van der Waals surface area (Å²) in [4.78, 5) is 0. The van der Waals surface area contributed by atoms with Crippen LogP contribution in [0.3, 0.4) is 0 Å². The molecule has 0 aromatic heterocycles. The second-order valence-corrected chi connectivity index (χ2v) is 2.52. The van der Waals surface area contributed by atoms with Gasteiger partial charge in [-0.1, -0.05) is 30.3 Å². The Bertz CT molecular complexity index is 172. The van der Waals surface area contributed by atoms with Crippen LogP contribution >= 0.6 is 0 Å². The van der Waals surface area contributed by atoms with E-state index >= 15 is 0 Å². The molecule has 2 N–H and O–H groups in total. The fourth-order valence-electron chi connectivity index (χ4n) is 0.800. The molecular weight excluding hydrogens is 148 g/mol. The van der Waals surface area contributed by atoms with Crippen molar-refractivity contribution in [2.24, 2.45) is 0 Å². The summed E-state index contributed by atoms with van der Waals surface area (Å²) in [6.07, 6.45) is 0. The van der Waals surface area contributed by atoms with E-state index in [1.807, 2.05) is 39.3 Å². The van der Waals surface area contributed by atoms with E-state index in [0.717, 1.165) is 6.54 Å². The predicted molar refractivity (Wildman–Crippen MR) is 54.2 cm³/mol. The largest absolute Gasteiger partial charge is 0.323 e. The van der Waals surface area contributed by atoms with E-state index in [1.165, 1.54) is 5.56 Å². The van der Waals surface area contributed by atoms with Crippen molar-refractivity contribution in [3.63, 3.8) is 0 Å². The van der Waals surface area contributed by atoms with Gasteiger partial charge in [-0.05, 0) is 26.7 Å². The summed E-state index contributed by atoms with van der Waals surface area (Å²) in [5.41, 5.74) is 1.33. The van der Waals surface area contributed by atoms with E-state index in [4.69, 9.17) is 0 Å². The third-order valence-corrected chi connectivity index (χ3v) is 1.22. The van der Waals surface area contributed by atoms with E-state index in [-0.39, 0.29) is 0 Å². The minimum atomic E-state index is 0.959. The van der Waals surface area contributed by atoms with Gasteiger partial charge in [0, 0.05) is 6.54 Å². The van der Waals surface area contributed by atoms with Crippen molar-refractivity contribution in [2.75, 3.05) is 21.1 Å². The van der Waals surface area contributed by atoms with Gasteiger partial charge in [0.25, 0.3) is 0 Å². The van der Waals surface area contributed by atoms with Crippen molar-refractivity contribution in [1.82, 2.24) is 10.6 Å². The quantitative estimate of drug-likeness (QED) is 0.691. The number of nitrogens with one attached hydrogen (secondary N) is 2. The highest BCUT2D eigenvalue weighted by molar-refractivity contribution is 5.13. The lowest BCUT2D eigenvalue weighted by atomic mass is 10.2. The monoisotopic (exact) mass is 166 g/mol. The molecule has 1 rings (SSSR count). The van der Waals surface area contributed by atoms with Gasteiger partial charge >= 0.3 is 0 Å². The first-order valence-electron chi connectivity index (χ1n) is 4.12. The lowest BCUT2D eigenvalue weighted by Crippen LogP contribution is -2.04. The van der Waals surface area contributed by atoms with E-state index in [0.29, 0.717) is 0 Å². The molecule has 0 unspecified atom stereocenters. The standard InChI is InChI=1S/C8H11N.C2H7N/c1-9-7-8-5-3-2-4-6-8;1-3-2/h2-6,9H,7H2,1H3;3H,1-2H3. The first-order chi connectivity index (χ1) is 5.85. The van der Waals surface area contributed by atoms with Gasteiger partial charge in [-0.2, -0.15) is 0 Å². The molecule has 0 fully saturated rings. The molecule has 0 heterocycles. The molecule has 2 nitrogen and oxygen atoms in total. The smallest absolute Gasteiger partial charge is 0.0202 e. The molecule has 0 saturated carbocycles. The molecule has 0 bridgehead atoms. The second kappa shape index (κ2) is 8.24. The molecule has 0 aliphatic rings. The summed E-state index contributed by atoms with van der Waals surface area (Å²) in [6, 6.07) is 10.3. The maximum atomic E-state index is 3.08. The van der Waals surface area contributed by atoms with Gasteiger partial charge in [0.15, 0.2) is 0 Å². The highest BCUT2D eigenvalue weighted by Crippen LogP contribution is 1.95. The SMILES string of the molecule is CNC.CNCc1ccccc1. The Balaban J connectivity index is 0.000000354. The van der Waals surface area contributed by atoms with Crippen LogP contribution in [0.25, 0.3) is 0 Å². The maximum absolute atomic E-state index is 3.08. The maximum Gasteiger partial charge on any atom is 0.0202 e. The molecule has 0 aliphatic heterocycles. The number of hydrogen-bond donors (Lipinski definition) is 2. The normalized spacial score (nSPS) is 8.58. The Morgan fingerprint density at radius 2 is 1.50 bits per heavy atom. The molecule has 0 amide bonds. The van der Waals surface area contributed by atoms with Gasteiger partial charge in [-0.3, -0.25) is 0 Å². The van der Waals surface area contributed by atoms with Crippen molar-refractivity contribution in [3.8, 4) is 0 Å². The van der Waals surface area contributed by atoms with Gasteiger partial charge in [0.1, 0.15) is 0 Å². The third kappa shape index (κ3) is 5.89. The van der Waals surface area contributed by atoms with Gasteiger partial charge in [0.2, 0.25) is 0 Å². The predicted octanol–water partition coefficient (Wildman–Crippen LogP) is 1.24. The van der Waals surface area contributed by atoms with E-state index < -0.39 is 0 Å². The highest BCUT2D eigenvalue weighted by atomic mass is 14.8. The first kappa shape index (κ1) is 11.1. The summed E-state index contributed by atoms with van der Waals surface area (Å²) in [7, 11) is 5.70. The Labute approximate surface area is 75.0 Å². The molecule has 12 heavy (non-hydrogen) atoms. The lowest BCUT2D eigenvalue weighted by Gasteiger charge is -1.95. The second-order valence-electron chi connectivity index (χ2n) is 2.52. The van der Waals surface area contributed by atoms with Crippen LogP contribution in [0.2, 0.25) is 0 Å². The fourth-order valence-corrected chi connectivity index (χ4v) is 0.800. The summed E-state index contributed by atoms with van der Waals surface area (Å²) < 4.78 is 0. The van der Waals surface area contributed by atoms with Crippen LogP contribution in [-0.2, 0) is 6.54 Å². The average molecular weight is 166 g/mol. The van der Waals surface area contributed by atoms with Crippen LogP contribution < -0.4 is 10.6 Å². The molecule has 68 valence electrons. The van der Waals surface area contributed by atoms with E-state index in [1.54, 1.807) is 0 Å².